The van der Waals surface area contributed by atoms with E-state index in [1.54, 1.807) is 7.11 Å². The van der Waals surface area contributed by atoms with Crippen LogP contribution in [0.3, 0.4) is 0 Å². The molecule has 2 heteroatoms. The van der Waals surface area contributed by atoms with Crippen LogP contribution in [-0.4, -0.2) is 13.7 Å². The van der Waals surface area contributed by atoms with Gasteiger partial charge >= 0.3 is 0 Å². The Balaban J connectivity index is 2.13. The number of hydrogen-bond donors (Lipinski definition) is 1. The molecule has 0 spiro atoms. The van der Waals surface area contributed by atoms with Crippen LogP contribution in [0.1, 0.15) is 18.0 Å². The van der Waals surface area contributed by atoms with E-state index in [-0.39, 0.29) is 0 Å². The van der Waals surface area contributed by atoms with Gasteiger partial charge in [0.2, 0.25) is 0 Å². The summed E-state index contributed by atoms with van der Waals surface area (Å²) in [7, 11) is 1.69. The molecular formula is C10H13NO. The first kappa shape index (κ1) is 7.62. The third-order valence-corrected chi connectivity index (χ3v) is 2.34. The Hall–Kier alpha value is -1.02. The number of methoxy groups -OCH3 is 1. The largest absolute Gasteiger partial charge is 0.497 e. The van der Waals surface area contributed by atoms with Gasteiger partial charge in [-0.3, -0.25) is 0 Å². The van der Waals surface area contributed by atoms with E-state index in [2.05, 4.69) is 17.4 Å². The topological polar surface area (TPSA) is 21.3 Å². The van der Waals surface area contributed by atoms with Crippen molar-refractivity contribution in [3.05, 3.63) is 29.8 Å². The summed E-state index contributed by atoms with van der Waals surface area (Å²) >= 11 is 0. The molecule has 1 fully saturated rings. The molecule has 1 aromatic carbocycles. The van der Waals surface area contributed by atoms with Gasteiger partial charge in [-0.15, -0.1) is 0 Å². The molecule has 1 N–H and O–H groups in total. The first-order valence-corrected chi connectivity index (χ1v) is 4.27. The lowest BCUT2D eigenvalue weighted by molar-refractivity contribution is 0.381. The molecule has 1 saturated heterocycles. The molecule has 12 heavy (non-hydrogen) atoms. The number of nitrogens with one attached hydrogen (secondary N) is 1. The summed E-state index contributed by atoms with van der Waals surface area (Å²) in [6, 6.07) is 8.84. The molecule has 64 valence electrons. The summed E-state index contributed by atoms with van der Waals surface area (Å²) < 4.78 is 5.08. The first-order valence-electron chi connectivity index (χ1n) is 4.27. The van der Waals surface area contributed by atoms with Crippen LogP contribution in [0.2, 0.25) is 0 Å². The van der Waals surface area contributed by atoms with Gasteiger partial charge in [-0.05, 0) is 30.7 Å². The highest BCUT2D eigenvalue weighted by Crippen LogP contribution is 2.24. The lowest BCUT2D eigenvalue weighted by Gasteiger charge is -2.27. The zero-order valence-electron chi connectivity index (χ0n) is 7.21. The Labute approximate surface area is 72.5 Å². The van der Waals surface area contributed by atoms with Crippen molar-refractivity contribution >= 4 is 0 Å². The predicted molar refractivity (Wildman–Crippen MR) is 48.4 cm³/mol. The molecule has 1 aliphatic rings. The second-order valence-corrected chi connectivity index (χ2v) is 3.07. The fourth-order valence-corrected chi connectivity index (χ4v) is 1.41. The molecule has 1 heterocycles. The normalized spacial score (nSPS) is 21.6. The highest BCUT2D eigenvalue weighted by atomic mass is 16.5. The summed E-state index contributed by atoms with van der Waals surface area (Å²) in [4.78, 5) is 0. The molecule has 1 atom stereocenters. The smallest absolute Gasteiger partial charge is 0.118 e. The molecule has 0 bridgehead atoms. The Morgan fingerprint density at radius 3 is 2.42 bits per heavy atom. The quantitative estimate of drug-likeness (QED) is 0.717. The molecule has 0 saturated carbocycles. The van der Waals surface area contributed by atoms with Crippen LogP contribution in [-0.2, 0) is 0 Å². The van der Waals surface area contributed by atoms with E-state index in [1.165, 1.54) is 12.0 Å². The Kier molecular flexibility index (Phi) is 2.00. The minimum atomic E-state index is 0.580. The van der Waals surface area contributed by atoms with E-state index < -0.39 is 0 Å². The van der Waals surface area contributed by atoms with Crippen LogP contribution >= 0.6 is 0 Å². The van der Waals surface area contributed by atoms with Crippen molar-refractivity contribution in [3.8, 4) is 5.75 Å². The average molecular weight is 163 g/mol. The van der Waals surface area contributed by atoms with E-state index >= 15 is 0 Å². The second kappa shape index (κ2) is 3.15. The van der Waals surface area contributed by atoms with Gasteiger partial charge in [0.1, 0.15) is 5.75 Å². The minimum absolute atomic E-state index is 0.580. The van der Waals surface area contributed by atoms with E-state index in [1.807, 2.05) is 12.1 Å². The van der Waals surface area contributed by atoms with Crippen LogP contribution in [0.25, 0.3) is 0 Å². The van der Waals surface area contributed by atoms with Gasteiger partial charge in [-0.2, -0.15) is 0 Å². The summed E-state index contributed by atoms with van der Waals surface area (Å²) in [5.74, 6) is 0.929. The third-order valence-electron chi connectivity index (χ3n) is 2.34. The number of ether oxygens (including phenoxy) is 1. The van der Waals surface area contributed by atoms with Crippen molar-refractivity contribution in [3.63, 3.8) is 0 Å². The molecular weight excluding hydrogens is 150 g/mol. The Morgan fingerprint density at radius 2 is 2.00 bits per heavy atom. The molecule has 2 nitrogen and oxygen atoms in total. The standard InChI is InChI=1S/C10H13NO/c1-12-9-4-2-8(3-5-9)10-6-7-11-10/h2-5,10-11H,6-7H2,1H3/t10-/m0/s1. The SMILES string of the molecule is COc1ccc([C@@H]2CCN2)cc1. The Morgan fingerprint density at radius 1 is 1.33 bits per heavy atom. The zero-order valence-corrected chi connectivity index (χ0v) is 7.21. The lowest BCUT2D eigenvalue weighted by Crippen LogP contribution is -2.34. The van der Waals surface area contributed by atoms with E-state index in [0.717, 1.165) is 12.3 Å². The lowest BCUT2D eigenvalue weighted by atomic mass is 9.98. The van der Waals surface area contributed by atoms with Gasteiger partial charge in [0.15, 0.2) is 0 Å². The average Bonchev–Trinajstić information content (AvgIpc) is 2.03. The summed E-state index contributed by atoms with van der Waals surface area (Å²) in [6.07, 6.45) is 1.26. The van der Waals surface area contributed by atoms with E-state index in [0.29, 0.717) is 6.04 Å². The Bertz CT molecular complexity index is 251. The van der Waals surface area contributed by atoms with Crippen molar-refractivity contribution in [2.75, 3.05) is 13.7 Å². The van der Waals surface area contributed by atoms with Gasteiger partial charge in [0.05, 0.1) is 7.11 Å². The van der Waals surface area contributed by atoms with Crippen LogP contribution in [0.4, 0.5) is 0 Å². The van der Waals surface area contributed by atoms with Gasteiger partial charge < -0.3 is 10.1 Å². The maximum Gasteiger partial charge on any atom is 0.118 e. The highest BCUT2D eigenvalue weighted by Gasteiger charge is 2.17. The highest BCUT2D eigenvalue weighted by molar-refractivity contribution is 5.29. The molecule has 0 unspecified atom stereocenters. The number of benzene rings is 1. The van der Waals surface area contributed by atoms with Crippen LogP contribution in [0.15, 0.2) is 24.3 Å². The maximum atomic E-state index is 5.08. The second-order valence-electron chi connectivity index (χ2n) is 3.07. The van der Waals surface area contributed by atoms with Crippen molar-refractivity contribution in [1.29, 1.82) is 0 Å². The fourth-order valence-electron chi connectivity index (χ4n) is 1.41. The molecule has 1 aliphatic heterocycles. The third kappa shape index (κ3) is 1.30. The fraction of sp³-hybridized carbons (Fsp3) is 0.400. The van der Waals surface area contributed by atoms with Crippen LogP contribution in [0.5, 0.6) is 5.75 Å². The zero-order chi connectivity index (χ0) is 8.39. The maximum absolute atomic E-state index is 5.08. The van der Waals surface area contributed by atoms with Crippen molar-refractivity contribution in [1.82, 2.24) is 5.32 Å². The summed E-state index contributed by atoms with van der Waals surface area (Å²) in [5, 5.41) is 3.36. The first-order chi connectivity index (χ1) is 5.90. The molecule has 0 amide bonds. The molecule has 0 radical (unpaired) electrons. The monoisotopic (exact) mass is 163 g/mol. The van der Waals surface area contributed by atoms with Gasteiger partial charge in [-0.1, -0.05) is 12.1 Å². The minimum Gasteiger partial charge on any atom is -0.497 e. The van der Waals surface area contributed by atoms with Gasteiger partial charge in [0.25, 0.3) is 0 Å². The van der Waals surface area contributed by atoms with Crippen molar-refractivity contribution in [2.45, 2.75) is 12.5 Å². The molecule has 2 rings (SSSR count). The van der Waals surface area contributed by atoms with Crippen molar-refractivity contribution < 1.29 is 4.74 Å². The van der Waals surface area contributed by atoms with Crippen LogP contribution < -0.4 is 10.1 Å². The van der Waals surface area contributed by atoms with E-state index in [9.17, 15) is 0 Å². The predicted octanol–water partition coefficient (Wildman–Crippen LogP) is 1.73. The van der Waals surface area contributed by atoms with Crippen molar-refractivity contribution in [2.24, 2.45) is 0 Å². The molecule has 0 aliphatic carbocycles. The number of rotatable bonds is 2. The van der Waals surface area contributed by atoms with Crippen LogP contribution in [0, 0.1) is 0 Å². The van der Waals surface area contributed by atoms with Gasteiger partial charge in [-0.25, -0.2) is 0 Å². The summed E-state index contributed by atoms with van der Waals surface area (Å²) in [6.45, 7) is 1.15. The molecule has 1 aromatic rings. The molecule has 0 aromatic heterocycles. The number of hydrogen-bond acceptors (Lipinski definition) is 2. The van der Waals surface area contributed by atoms with Gasteiger partial charge in [0, 0.05) is 6.04 Å². The summed E-state index contributed by atoms with van der Waals surface area (Å²) in [5.41, 5.74) is 1.36. The van der Waals surface area contributed by atoms with E-state index in [4.69, 9.17) is 4.74 Å².